The van der Waals surface area contributed by atoms with E-state index < -0.39 is 0 Å². The van der Waals surface area contributed by atoms with Crippen LogP contribution in [0.1, 0.15) is 27.2 Å². The molecular formula is C19H19N5O. The van der Waals surface area contributed by atoms with E-state index in [0.717, 1.165) is 16.9 Å². The van der Waals surface area contributed by atoms with Crippen molar-refractivity contribution in [1.82, 2.24) is 20.3 Å². The molecule has 1 amide bonds. The van der Waals surface area contributed by atoms with Crippen LogP contribution in [0, 0.1) is 13.8 Å². The number of rotatable bonds is 5. The van der Waals surface area contributed by atoms with Crippen LogP contribution in [0.2, 0.25) is 0 Å². The minimum atomic E-state index is -0.233. The summed E-state index contributed by atoms with van der Waals surface area (Å²) in [5, 5.41) is 5.96. The van der Waals surface area contributed by atoms with E-state index in [1.54, 1.807) is 6.20 Å². The zero-order chi connectivity index (χ0) is 17.6. The van der Waals surface area contributed by atoms with Crippen LogP contribution in [0.3, 0.4) is 0 Å². The first-order valence-electron chi connectivity index (χ1n) is 7.96. The Balaban J connectivity index is 1.62. The molecule has 0 saturated heterocycles. The number of hydrogen-bond acceptors (Lipinski definition) is 5. The Hall–Kier alpha value is -3.28. The summed E-state index contributed by atoms with van der Waals surface area (Å²) in [4.78, 5) is 24.7. The average molecular weight is 333 g/mol. The first-order chi connectivity index (χ1) is 12.1. The number of nitrogens with one attached hydrogen (secondary N) is 2. The van der Waals surface area contributed by atoms with Gasteiger partial charge in [0.2, 0.25) is 5.95 Å². The molecule has 6 nitrogen and oxygen atoms in total. The number of aryl methyl sites for hydroxylation is 2. The maximum Gasteiger partial charge on any atom is 0.254 e. The highest BCUT2D eigenvalue weighted by molar-refractivity contribution is 5.93. The standard InChI is InChI=1S/C19H19N5O/c1-13-6-7-17(14(2)9-13)24-19-22-10-15(11-23-19)18(25)21-12-16-5-3-4-8-20-16/h3-11H,12H2,1-2H3,(H,21,25)(H,22,23,24). The maximum atomic E-state index is 12.1. The van der Waals surface area contributed by atoms with Gasteiger partial charge < -0.3 is 10.6 Å². The van der Waals surface area contributed by atoms with E-state index in [1.807, 2.05) is 44.2 Å². The molecule has 0 fully saturated rings. The van der Waals surface area contributed by atoms with Gasteiger partial charge in [0.1, 0.15) is 0 Å². The van der Waals surface area contributed by atoms with Crippen molar-refractivity contribution in [2.45, 2.75) is 20.4 Å². The molecule has 0 atom stereocenters. The fourth-order valence-corrected chi connectivity index (χ4v) is 2.36. The predicted octanol–water partition coefficient (Wildman–Crippen LogP) is 3.16. The maximum absolute atomic E-state index is 12.1. The molecule has 6 heteroatoms. The number of amides is 1. The van der Waals surface area contributed by atoms with Gasteiger partial charge in [-0.3, -0.25) is 9.78 Å². The third-order valence-corrected chi connectivity index (χ3v) is 3.70. The topological polar surface area (TPSA) is 79.8 Å². The van der Waals surface area contributed by atoms with Crippen molar-refractivity contribution in [3.05, 3.63) is 77.4 Å². The smallest absolute Gasteiger partial charge is 0.254 e. The first-order valence-corrected chi connectivity index (χ1v) is 7.96. The van der Waals surface area contributed by atoms with Crippen LogP contribution < -0.4 is 10.6 Å². The molecule has 2 aromatic heterocycles. The lowest BCUT2D eigenvalue weighted by atomic mass is 10.1. The number of aromatic nitrogens is 3. The minimum Gasteiger partial charge on any atom is -0.346 e. The molecule has 2 heterocycles. The Bertz CT molecular complexity index is 863. The molecule has 126 valence electrons. The largest absolute Gasteiger partial charge is 0.346 e. The SMILES string of the molecule is Cc1ccc(Nc2ncc(C(=O)NCc3ccccn3)cn2)c(C)c1. The number of hydrogen-bond donors (Lipinski definition) is 2. The van der Waals surface area contributed by atoms with Crippen LogP contribution in [-0.2, 0) is 6.54 Å². The third kappa shape index (κ3) is 4.38. The normalized spacial score (nSPS) is 10.3. The summed E-state index contributed by atoms with van der Waals surface area (Å²) in [6.07, 6.45) is 4.71. The molecule has 0 saturated carbocycles. The monoisotopic (exact) mass is 333 g/mol. The second-order valence-corrected chi connectivity index (χ2v) is 5.74. The number of pyridine rings is 1. The van der Waals surface area contributed by atoms with Gasteiger partial charge in [0.15, 0.2) is 0 Å². The van der Waals surface area contributed by atoms with Crippen LogP contribution in [0.15, 0.2) is 55.0 Å². The Morgan fingerprint density at radius 3 is 2.52 bits per heavy atom. The predicted molar refractivity (Wildman–Crippen MR) is 96.6 cm³/mol. The number of carbonyl (C=O) groups is 1. The molecule has 0 radical (unpaired) electrons. The molecule has 0 aliphatic rings. The summed E-state index contributed by atoms with van der Waals surface area (Å²) in [5.74, 6) is 0.219. The second-order valence-electron chi connectivity index (χ2n) is 5.74. The first kappa shape index (κ1) is 16.6. The van der Waals surface area contributed by atoms with E-state index in [0.29, 0.717) is 18.1 Å². The van der Waals surface area contributed by atoms with Gasteiger partial charge in [0.05, 0.1) is 17.8 Å². The molecule has 2 N–H and O–H groups in total. The molecule has 3 rings (SSSR count). The summed E-state index contributed by atoms with van der Waals surface area (Å²) >= 11 is 0. The number of carbonyl (C=O) groups excluding carboxylic acids is 1. The fraction of sp³-hybridized carbons (Fsp3) is 0.158. The summed E-state index contributed by atoms with van der Waals surface area (Å²) in [6, 6.07) is 11.7. The number of anilines is 2. The van der Waals surface area contributed by atoms with E-state index in [9.17, 15) is 4.79 Å². The van der Waals surface area contributed by atoms with E-state index in [-0.39, 0.29) is 5.91 Å². The van der Waals surface area contributed by atoms with Crippen LogP contribution in [0.4, 0.5) is 11.6 Å². The zero-order valence-electron chi connectivity index (χ0n) is 14.2. The van der Waals surface area contributed by atoms with Gasteiger partial charge in [-0.25, -0.2) is 9.97 Å². The van der Waals surface area contributed by atoms with Gasteiger partial charge in [0, 0.05) is 24.3 Å². The van der Waals surface area contributed by atoms with Crippen molar-refractivity contribution in [1.29, 1.82) is 0 Å². The molecule has 0 spiro atoms. The second kappa shape index (κ2) is 7.53. The van der Waals surface area contributed by atoms with Crippen molar-refractivity contribution in [2.75, 3.05) is 5.32 Å². The van der Waals surface area contributed by atoms with Gasteiger partial charge in [-0.05, 0) is 37.6 Å². The molecule has 0 aliphatic carbocycles. The zero-order valence-corrected chi connectivity index (χ0v) is 14.2. The van der Waals surface area contributed by atoms with Gasteiger partial charge in [0.25, 0.3) is 5.91 Å². The minimum absolute atomic E-state index is 0.233. The Morgan fingerprint density at radius 2 is 1.84 bits per heavy atom. The third-order valence-electron chi connectivity index (χ3n) is 3.70. The van der Waals surface area contributed by atoms with E-state index in [1.165, 1.54) is 18.0 Å². The Labute approximate surface area is 146 Å². The highest BCUT2D eigenvalue weighted by Gasteiger charge is 2.08. The van der Waals surface area contributed by atoms with Gasteiger partial charge >= 0.3 is 0 Å². The molecule has 1 aromatic carbocycles. The van der Waals surface area contributed by atoms with Crippen LogP contribution in [-0.4, -0.2) is 20.9 Å². The lowest BCUT2D eigenvalue weighted by molar-refractivity contribution is 0.0949. The molecule has 0 unspecified atom stereocenters. The van der Waals surface area contributed by atoms with Crippen LogP contribution in [0.25, 0.3) is 0 Å². The van der Waals surface area contributed by atoms with Gasteiger partial charge in [-0.15, -0.1) is 0 Å². The fourth-order valence-electron chi connectivity index (χ4n) is 2.36. The molecular weight excluding hydrogens is 314 g/mol. The summed E-state index contributed by atoms with van der Waals surface area (Å²) in [5.41, 5.74) is 4.45. The van der Waals surface area contributed by atoms with Crippen molar-refractivity contribution >= 4 is 17.5 Å². The summed E-state index contributed by atoms with van der Waals surface area (Å²) < 4.78 is 0. The van der Waals surface area contributed by atoms with Crippen molar-refractivity contribution in [2.24, 2.45) is 0 Å². The lowest BCUT2D eigenvalue weighted by Crippen LogP contribution is -2.23. The van der Waals surface area contributed by atoms with Gasteiger partial charge in [-0.2, -0.15) is 0 Å². The Morgan fingerprint density at radius 1 is 1.04 bits per heavy atom. The molecule has 0 bridgehead atoms. The molecule has 25 heavy (non-hydrogen) atoms. The summed E-state index contributed by atoms with van der Waals surface area (Å²) in [7, 11) is 0. The quantitative estimate of drug-likeness (QED) is 0.750. The molecule has 3 aromatic rings. The summed E-state index contributed by atoms with van der Waals surface area (Å²) in [6.45, 7) is 4.43. The van der Waals surface area contributed by atoms with Gasteiger partial charge in [-0.1, -0.05) is 23.8 Å². The van der Waals surface area contributed by atoms with E-state index >= 15 is 0 Å². The van der Waals surface area contributed by atoms with E-state index in [4.69, 9.17) is 0 Å². The number of benzene rings is 1. The van der Waals surface area contributed by atoms with Crippen molar-refractivity contribution in [3.8, 4) is 0 Å². The van der Waals surface area contributed by atoms with E-state index in [2.05, 4.69) is 31.7 Å². The van der Waals surface area contributed by atoms with Crippen LogP contribution in [0.5, 0.6) is 0 Å². The van der Waals surface area contributed by atoms with Crippen LogP contribution >= 0.6 is 0 Å². The Kier molecular flexibility index (Phi) is 4.99. The highest BCUT2D eigenvalue weighted by atomic mass is 16.1. The highest BCUT2D eigenvalue weighted by Crippen LogP contribution is 2.19. The molecule has 0 aliphatic heterocycles. The van der Waals surface area contributed by atoms with Crippen molar-refractivity contribution < 1.29 is 4.79 Å². The average Bonchev–Trinajstić information content (AvgIpc) is 2.63. The number of nitrogens with zero attached hydrogens (tertiary/aromatic N) is 3. The lowest BCUT2D eigenvalue weighted by Gasteiger charge is -2.09. The van der Waals surface area contributed by atoms with Crippen molar-refractivity contribution in [3.63, 3.8) is 0 Å².